The Balaban J connectivity index is 1.52. The Bertz CT molecular complexity index is 1370. The molecule has 0 spiro atoms. The van der Waals surface area contributed by atoms with E-state index in [2.05, 4.69) is 15.3 Å². The minimum Gasteiger partial charge on any atom is -0.493 e. The van der Waals surface area contributed by atoms with Gasteiger partial charge in [0.05, 0.1) is 51.4 Å². The molecule has 10 nitrogen and oxygen atoms in total. The van der Waals surface area contributed by atoms with E-state index < -0.39 is 0 Å². The highest BCUT2D eigenvalue weighted by Crippen LogP contribution is 2.39. The molecular weight excluding hydrogens is 467 g/mol. The monoisotopic (exact) mass is 494 g/mol. The van der Waals surface area contributed by atoms with Crippen molar-refractivity contribution in [2.45, 2.75) is 18.9 Å². The molecule has 0 amide bonds. The van der Waals surface area contributed by atoms with Gasteiger partial charge in [0.1, 0.15) is 23.8 Å². The zero-order valence-electron chi connectivity index (χ0n) is 20.2. The van der Waals surface area contributed by atoms with E-state index >= 15 is 0 Å². The number of nitrogens with one attached hydrogen (secondary N) is 1. The molecule has 1 aliphatic rings. The van der Waals surface area contributed by atoms with Crippen molar-refractivity contribution in [2.24, 2.45) is 0 Å². The molecule has 0 unspecified atom stereocenters. The quantitative estimate of drug-likeness (QED) is 0.379. The summed E-state index contributed by atoms with van der Waals surface area (Å²) in [6, 6.07) is 7.96. The van der Waals surface area contributed by atoms with Gasteiger partial charge in [-0.05, 0) is 25.0 Å². The van der Waals surface area contributed by atoms with Crippen molar-refractivity contribution in [1.29, 1.82) is 0 Å². The second-order valence-corrected chi connectivity index (χ2v) is 8.38. The molecule has 1 atom stereocenters. The van der Waals surface area contributed by atoms with Crippen LogP contribution in [0.1, 0.15) is 12.8 Å². The fourth-order valence-electron chi connectivity index (χ4n) is 4.47. The zero-order valence-corrected chi connectivity index (χ0v) is 20.2. The number of methoxy groups -OCH3 is 3. The summed E-state index contributed by atoms with van der Waals surface area (Å²) in [5.74, 6) is 2.62. The Labute approximate surface area is 207 Å². The number of hydrogen-bond donors (Lipinski definition) is 2. The number of halogens is 1. The van der Waals surface area contributed by atoms with Crippen LogP contribution in [0.25, 0.3) is 16.6 Å². The Kier molecular flexibility index (Phi) is 6.47. The number of fused-ring (bicyclic) bond motifs is 1. The first-order valence-corrected chi connectivity index (χ1v) is 11.5. The molecule has 1 fully saturated rings. The molecule has 2 N–H and O–H groups in total. The van der Waals surface area contributed by atoms with Gasteiger partial charge in [-0.2, -0.15) is 4.98 Å². The molecule has 1 saturated heterocycles. The average molecular weight is 495 g/mol. The predicted molar refractivity (Wildman–Crippen MR) is 133 cm³/mol. The van der Waals surface area contributed by atoms with Gasteiger partial charge in [-0.25, -0.2) is 14.4 Å². The topological polar surface area (TPSA) is 107 Å². The number of nitrogens with zero attached hydrogens (tertiary/aromatic N) is 5. The number of rotatable bonds is 8. The molecule has 11 heteroatoms. The van der Waals surface area contributed by atoms with E-state index in [0.29, 0.717) is 45.7 Å². The fraction of sp³-hybridized carbons (Fsp3) is 0.320. The number of benzene rings is 2. The van der Waals surface area contributed by atoms with Crippen molar-refractivity contribution in [3.8, 4) is 22.9 Å². The van der Waals surface area contributed by atoms with Gasteiger partial charge in [-0.1, -0.05) is 0 Å². The highest BCUT2D eigenvalue weighted by Gasteiger charge is 2.27. The first-order valence-electron chi connectivity index (χ1n) is 11.5. The van der Waals surface area contributed by atoms with Gasteiger partial charge in [0.2, 0.25) is 11.7 Å². The van der Waals surface area contributed by atoms with Crippen LogP contribution in [0.4, 0.5) is 22.0 Å². The molecule has 2 aromatic carbocycles. The summed E-state index contributed by atoms with van der Waals surface area (Å²) in [5.41, 5.74) is 1.22. The second kappa shape index (κ2) is 9.86. The molecule has 5 rings (SSSR count). The Morgan fingerprint density at radius 1 is 1.08 bits per heavy atom. The van der Waals surface area contributed by atoms with E-state index in [9.17, 15) is 9.50 Å². The van der Waals surface area contributed by atoms with Crippen LogP contribution < -0.4 is 24.4 Å². The second-order valence-electron chi connectivity index (χ2n) is 8.38. The minimum atomic E-state index is -0.384. The van der Waals surface area contributed by atoms with Crippen molar-refractivity contribution in [3.63, 3.8) is 0 Å². The number of ether oxygens (including phenoxy) is 3. The van der Waals surface area contributed by atoms with E-state index in [1.165, 1.54) is 12.1 Å². The number of aliphatic hydroxyl groups excluding tert-OH is 1. The van der Waals surface area contributed by atoms with E-state index in [4.69, 9.17) is 19.2 Å². The van der Waals surface area contributed by atoms with Crippen molar-refractivity contribution in [1.82, 2.24) is 19.5 Å². The Morgan fingerprint density at radius 3 is 2.56 bits per heavy atom. The lowest BCUT2D eigenvalue weighted by Crippen LogP contribution is -2.33. The maximum absolute atomic E-state index is 14.0. The molecular formula is C25H27FN6O4. The smallest absolute Gasteiger partial charge is 0.228 e. The van der Waals surface area contributed by atoms with Crippen molar-refractivity contribution in [3.05, 3.63) is 48.7 Å². The third-order valence-corrected chi connectivity index (χ3v) is 6.27. The van der Waals surface area contributed by atoms with Crippen LogP contribution in [-0.2, 0) is 0 Å². The van der Waals surface area contributed by atoms with Crippen LogP contribution in [0.2, 0.25) is 0 Å². The van der Waals surface area contributed by atoms with Gasteiger partial charge in [-0.15, -0.1) is 0 Å². The lowest BCUT2D eigenvalue weighted by Gasteiger charge is -2.23. The van der Waals surface area contributed by atoms with Crippen LogP contribution in [-0.4, -0.2) is 65.1 Å². The van der Waals surface area contributed by atoms with Gasteiger partial charge in [0.15, 0.2) is 11.5 Å². The van der Waals surface area contributed by atoms with E-state index in [1.807, 2.05) is 17.0 Å². The van der Waals surface area contributed by atoms with E-state index in [-0.39, 0.29) is 18.5 Å². The SMILES string of the molecule is COc1cc(-n2cnc(Nc3nc(N4CCC[C@H]4CO)nc4cc(F)ccc34)c2)cc(OC)c1OC. The summed E-state index contributed by atoms with van der Waals surface area (Å²) >= 11 is 0. The molecule has 0 radical (unpaired) electrons. The lowest BCUT2D eigenvalue weighted by molar-refractivity contribution is 0.265. The van der Waals surface area contributed by atoms with Crippen LogP contribution in [0.5, 0.6) is 17.2 Å². The molecule has 3 heterocycles. The molecule has 1 aliphatic heterocycles. The summed E-state index contributed by atoms with van der Waals surface area (Å²) in [6.07, 6.45) is 5.22. The Hall–Kier alpha value is -4.12. The van der Waals surface area contributed by atoms with E-state index in [0.717, 1.165) is 25.1 Å². The third kappa shape index (κ3) is 4.33. The number of hydrogen-bond acceptors (Lipinski definition) is 9. The predicted octanol–water partition coefficient (Wildman–Crippen LogP) is 3.69. The summed E-state index contributed by atoms with van der Waals surface area (Å²) < 4.78 is 32.2. The first-order chi connectivity index (χ1) is 17.5. The zero-order chi connectivity index (χ0) is 25.2. The molecule has 36 heavy (non-hydrogen) atoms. The van der Waals surface area contributed by atoms with Gasteiger partial charge >= 0.3 is 0 Å². The highest BCUT2D eigenvalue weighted by atomic mass is 19.1. The summed E-state index contributed by atoms with van der Waals surface area (Å²) in [5, 5.41) is 13.7. The number of aliphatic hydroxyl groups is 1. The fourth-order valence-corrected chi connectivity index (χ4v) is 4.47. The maximum atomic E-state index is 14.0. The molecule has 4 aromatic rings. The number of aromatic nitrogens is 4. The summed E-state index contributed by atoms with van der Waals surface area (Å²) in [6.45, 7) is 0.730. The van der Waals surface area contributed by atoms with Crippen LogP contribution in [0, 0.1) is 5.82 Å². The summed E-state index contributed by atoms with van der Waals surface area (Å²) in [7, 11) is 4.67. The number of anilines is 3. The molecule has 188 valence electrons. The normalized spacial score (nSPS) is 15.4. The van der Waals surface area contributed by atoms with Crippen molar-refractivity contribution >= 4 is 28.5 Å². The third-order valence-electron chi connectivity index (χ3n) is 6.27. The van der Waals surface area contributed by atoms with Gasteiger partial charge in [0, 0.05) is 30.1 Å². The number of imidazole rings is 1. The van der Waals surface area contributed by atoms with Crippen LogP contribution in [0.3, 0.4) is 0 Å². The standard InChI is InChI=1S/C25H27FN6O4/c1-34-20-10-17(11-21(35-2)23(20)36-3)31-12-22(27-14-31)29-24-18-7-6-15(26)9-19(18)28-25(30-24)32-8-4-5-16(32)13-33/h6-7,9-12,14,16,33H,4-5,8,13H2,1-3H3,(H,28,29,30)/t16-/m0/s1. The first kappa shape index (κ1) is 23.6. The molecule has 0 saturated carbocycles. The van der Waals surface area contributed by atoms with Gasteiger partial charge in [-0.3, -0.25) is 0 Å². The molecule has 0 bridgehead atoms. The minimum absolute atomic E-state index is 0.00645. The summed E-state index contributed by atoms with van der Waals surface area (Å²) in [4.78, 5) is 15.8. The van der Waals surface area contributed by atoms with Crippen LogP contribution in [0.15, 0.2) is 42.9 Å². The van der Waals surface area contributed by atoms with Crippen molar-refractivity contribution in [2.75, 3.05) is 44.7 Å². The van der Waals surface area contributed by atoms with Crippen LogP contribution >= 0.6 is 0 Å². The van der Waals surface area contributed by atoms with Gasteiger partial charge < -0.3 is 34.1 Å². The molecule has 0 aliphatic carbocycles. The highest BCUT2D eigenvalue weighted by molar-refractivity contribution is 5.91. The molecule has 2 aromatic heterocycles. The Morgan fingerprint density at radius 2 is 1.86 bits per heavy atom. The lowest BCUT2D eigenvalue weighted by atomic mass is 10.2. The maximum Gasteiger partial charge on any atom is 0.228 e. The van der Waals surface area contributed by atoms with Gasteiger partial charge in [0.25, 0.3) is 0 Å². The average Bonchev–Trinajstić information content (AvgIpc) is 3.57. The largest absolute Gasteiger partial charge is 0.493 e. The van der Waals surface area contributed by atoms with E-state index in [1.54, 1.807) is 44.5 Å². The van der Waals surface area contributed by atoms with Crippen molar-refractivity contribution < 1.29 is 23.7 Å².